The number of piperazine rings is 1. The molecule has 0 spiro atoms. The molecule has 2 heterocycles. The first kappa shape index (κ1) is 20.6. The van der Waals surface area contributed by atoms with Crippen LogP contribution >= 0.6 is 0 Å². The molecule has 6 nitrogen and oxygen atoms in total. The molecule has 2 aromatic carbocycles. The number of hydrogen-bond donors (Lipinski definition) is 1. The Morgan fingerprint density at radius 1 is 0.867 bits per heavy atom. The van der Waals surface area contributed by atoms with Gasteiger partial charge in [0.1, 0.15) is 0 Å². The number of piperidine rings is 1. The van der Waals surface area contributed by atoms with Crippen LogP contribution < -0.4 is 5.32 Å². The summed E-state index contributed by atoms with van der Waals surface area (Å²) >= 11 is 0. The van der Waals surface area contributed by atoms with Crippen molar-refractivity contribution in [2.75, 3.05) is 51.6 Å². The number of carbonyl (C=O) groups is 2. The van der Waals surface area contributed by atoms with E-state index in [2.05, 4.69) is 22.2 Å². The van der Waals surface area contributed by atoms with Crippen molar-refractivity contribution < 1.29 is 9.59 Å². The predicted octanol–water partition coefficient (Wildman–Crippen LogP) is 2.79. The molecule has 4 rings (SSSR count). The number of benzene rings is 2. The molecule has 0 aromatic heterocycles. The number of anilines is 1. The number of rotatable bonds is 4. The summed E-state index contributed by atoms with van der Waals surface area (Å²) in [5.74, 6) is -0.0875. The van der Waals surface area contributed by atoms with Crippen LogP contribution in [-0.2, 0) is 0 Å². The van der Waals surface area contributed by atoms with E-state index in [9.17, 15) is 9.59 Å². The second-order valence-electron chi connectivity index (χ2n) is 8.28. The van der Waals surface area contributed by atoms with Gasteiger partial charge in [0.25, 0.3) is 11.8 Å². The van der Waals surface area contributed by atoms with Crippen molar-refractivity contribution in [2.24, 2.45) is 0 Å². The second kappa shape index (κ2) is 9.41. The zero-order chi connectivity index (χ0) is 20.9. The molecule has 2 aliphatic rings. The van der Waals surface area contributed by atoms with Crippen LogP contribution in [0, 0.1) is 0 Å². The van der Waals surface area contributed by atoms with E-state index in [0.29, 0.717) is 22.9 Å². The molecule has 0 radical (unpaired) electrons. The van der Waals surface area contributed by atoms with E-state index >= 15 is 0 Å². The molecule has 2 aromatic rings. The molecule has 0 bridgehead atoms. The van der Waals surface area contributed by atoms with E-state index in [0.717, 1.165) is 32.7 Å². The summed E-state index contributed by atoms with van der Waals surface area (Å²) in [6.45, 7) is 5.74. The van der Waals surface area contributed by atoms with Gasteiger partial charge in [-0.05, 0) is 62.8 Å². The van der Waals surface area contributed by atoms with E-state index in [4.69, 9.17) is 0 Å². The Kier molecular flexibility index (Phi) is 6.45. The first-order chi connectivity index (χ1) is 14.6. The lowest BCUT2D eigenvalue weighted by Crippen LogP contribution is -2.55. The van der Waals surface area contributed by atoms with Gasteiger partial charge in [0.2, 0.25) is 0 Å². The predicted molar refractivity (Wildman–Crippen MR) is 119 cm³/mol. The maximum Gasteiger partial charge on any atom is 0.255 e. The van der Waals surface area contributed by atoms with Gasteiger partial charge in [-0.25, -0.2) is 0 Å². The Labute approximate surface area is 178 Å². The summed E-state index contributed by atoms with van der Waals surface area (Å²) in [4.78, 5) is 32.1. The summed E-state index contributed by atoms with van der Waals surface area (Å²) < 4.78 is 0. The third kappa shape index (κ3) is 4.89. The van der Waals surface area contributed by atoms with Gasteiger partial charge in [-0.2, -0.15) is 0 Å². The van der Waals surface area contributed by atoms with Crippen molar-refractivity contribution in [3.8, 4) is 0 Å². The molecule has 158 valence electrons. The van der Waals surface area contributed by atoms with E-state index in [-0.39, 0.29) is 11.8 Å². The van der Waals surface area contributed by atoms with Crippen LogP contribution in [0.5, 0.6) is 0 Å². The molecule has 0 saturated carbocycles. The molecule has 2 amide bonds. The lowest BCUT2D eigenvalue weighted by atomic mass is 10.0. The fraction of sp³-hybridized carbons (Fsp3) is 0.417. The number of carbonyl (C=O) groups excluding carboxylic acids is 2. The van der Waals surface area contributed by atoms with Crippen LogP contribution in [0.25, 0.3) is 0 Å². The minimum atomic E-state index is -0.154. The van der Waals surface area contributed by atoms with Gasteiger partial charge in [-0.1, -0.05) is 18.2 Å². The van der Waals surface area contributed by atoms with Gasteiger partial charge in [-0.3, -0.25) is 14.5 Å². The fourth-order valence-corrected chi connectivity index (χ4v) is 4.40. The molecule has 1 unspecified atom stereocenters. The van der Waals surface area contributed by atoms with Crippen molar-refractivity contribution in [3.05, 3.63) is 65.7 Å². The van der Waals surface area contributed by atoms with Crippen molar-refractivity contribution in [1.82, 2.24) is 14.7 Å². The molecule has 1 N–H and O–H groups in total. The Bertz CT molecular complexity index is 861. The van der Waals surface area contributed by atoms with E-state index in [1.807, 2.05) is 23.1 Å². The number of amides is 2. The minimum Gasteiger partial charge on any atom is -0.336 e. The van der Waals surface area contributed by atoms with Crippen LogP contribution in [0.2, 0.25) is 0 Å². The van der Waals surface area contributed by atoms with Crippen molar-refractivity contribution in [1.29, 1.82) is 0 Å². The third-order valence-electron chi connectivity index (χ3n) is 6.14. The lowest BCUT2D eigenvalue weighted by molar-refractivity contribution is 0.0452. The Morgan fingerprint density at radius 2 is 1.57 bits per heavy atom. The maximum atomic E-state index is 12.9. The van der Waals surface area contributed by atoms with Crippen molar-refractivity contribution in [2.45, 2.75) is 18.9 Å². The summed E-state index contributed by atoms with van der Waals surface area (Å²) in [6.07, 6.45) is 2.52. The van der Waals surface area contributed by atoms with Crippen molar-refractivity contribution >= 4 is 17.5 Å². The largest absolute Gasteiger partial charge is 0.336 e. The van der Waals surface area contributed by atoms with Gasteiger partial charge in [-0.15, -0.1) is 0 Å². The number of nitrogens with zero attached hydrogens (tertiary/aromatic N) is 3. The Balaban J connectivity index is 1.30. The second-order valence-corrected chi connectivity index (χ2v) is 8.28. The fourth-order valence-electron chi connectivity index (χ4n) is 4.40. The summed E-state index contributed by atoms with van der Waals surface area (Å²) in [5, 5.41) is 2.88. The molecule has 2 saturated heterocycles. The average molecular weight is 407 g/mol. The normalized spacial score (nSPS) is 20.7. The molecule has 6 heteroatoms. The molecule has 30 heavy (non-hydrogen) atoms. The summed E-state index contributed by atoms with van der Waals surface area (Å²) in [5.41, 5.74) is 1.96. The Hall–Kier alpha value is -2.70. The topological polar surface area (TPSA) is 55.9 Å². The minimum absolute atomic E-state index is 0.0661. The van der Waals surface area contributed by atoms with E-state index in [1.165, 1.54) is 19.4 Å². The highest BCUT2D eigenvalue weighted by Crippen LogP contribution is 2.18. The summed E-state index contributed by atoms with van der Waals surface area (Å²) in [6, 6.07) is 16.9. The van der Waals surface area contributed by atoms with E-state index < -0.39 is 0 Å². The molecule has 1 atom stereocenters. The molecular weight excluding hydrogens is 376 g/mol. The van der Waals surface area contributed by atoms with Crippen LogP contribution in [-0.4, -0.2) is 78.9 Å². The zero-order valence-electron chi connectivity index (χ0n) is 17.6. The summed E-state index contributed by atoms with van der Waals surface area (Å²) in [7, 11) is 2.19. The van der Waals surface area contributed by atoms with Gasteiger partial charge < -0.3 is 15.1 Å². The van der Waals surface area contributed by atoms with Gasteiger partial charge in [0.05, 0.1) is 0 Å². The van der Waals surface area contributed by atoms with Crippen molar-refractivity contribution in [3.63, 3.8) is 0 Å². The molecule has 2 aliphatic heterocycles. The van der Waals surface area contributed by atoms with Crippen LogP contribution in [0.3, 0.4) is 0 Å². The average Bonchev–Trinajstić information content (AvgIpc) is 2.80. The monoisotopic (exact) mass is 406 g/mol. The number of likely N-dealkylation sites (N-methyl/N-ethyl adjacent to an activating group) is 1. The lowest BCUT2D eigenvalue weighted by Gasteiger charge is -2.42. The van der Waals surface area contributed by atoms with Crippen LogP contribution in [0.4, 0.5) is 5.69 Å². The molecular formula is C24H30N4O2. The number of hydrogen-bond acceptors (Lipinski definition) is 4. The smallest absolute Gasteiger partial charge is 0.255 e. The van der Waals surface area contributed by atoms with E-state index in [1.54, 1.807) is 36.4 Å². The van der Waals surface area contributed by atoms with Gasteiger partial charge in [0, 0.05) is 55.6 Å². The third-order valence-corrected chi connectivity index (χ3v) is 6.14. The van der Waals surface area contributed by atoms with Gasteiger partial charge in [0.15, 0.2) is 0 Å². The first-order valence-corrected chi connectivity index (χ1v) is 10.8. The van der Waals surface area contributed by atoms with Gasteiger partial charge >= 0.3 is 0 Å². The Morgan fingerprint density at radius 3 is 2.23 bits per heavy atom. The highest BCUT2D eigenvalue weighted by Gasteiger charge is 2.28. The quantitative estimate of drug-likeness (QED) is 0.848. The van der Waals surface area contributed by atoms with Crippen LogP contribution in [0.1, 0.15) is 33.6 Å². The van der Waals surface area contributed by atoms with Crippen LogP contribution in [0.15, 0.2) is 54.6 Å². The number of likely N-dealkylation sites (tertiary alicyclic amines) is 1. The molecule has 2 fully saturated rings. The maximum absolute atomic E-state index is 12.9. The standard InChI is InChI=1S/C24H30N4O2/c1-26-13-5-8-22(18-26)27-14-16-28(17-15-27)24(30)20-9-11-21(12-10-20)25-23(29)19-6-3-2-4-7-19/h2-4,6-7,9-12,22H,5,8,13-18H2,1H3,(H,25,29). The highest BCUT2D eigenvalue weighted by molar-refractivity contribution is 6.04. The highest BCUT2D eigenvalue weighted by atomic mass is 16.2. The zero-order valence-corrected chi connectivity index (χ0v) is 17.6. The SMILES string of the molecule is CN1CCCC(N2CCN(C(=O)c3ccc(NC(=O)c4ccccc4)cc3)CC2)C1. The molecule has 0 aliphatic carbocycles. The number of nitrogens with one attached hydrogen (secondary N) is 1. The first-order valence-electron chi connectivity index (χ1n) is 10.8.